The third-order valence-corrected chi connectivity index (χ3v) is 4.51. The molecular weight excluding hydrogens is 348 g/mol. The molecule has 1 aromatic heterocycles. The molecule has 0 aliphatic heterocycles. The zero-order valence-corrected chi connectivity index (χ0v) is 16.8. The van der Waals surface area contributed by atoms with Gasteiger partial charge in [0.2, 0.25) is 0 Å². The van der Waals surface area contributed by atoms with Crippen molar-refractivity contribution in [2.24, 2.45) is 11.0 Å². The Morgan fingerprint density at radius 1 is 1.11 bits per heavy atom. The van der Waals surface area contributed by atoms with Gasteiger partial charge in [0.1, 0.15) is 5.69 Å². The van der Waals surface area contributed by atoms with E-state index in [1.165, 1.54) is 11.1 Å². The van der Waals surface area contributed by atoms with E-state index in [0.717, 1.165) is 29.0 Å². The number of H-pyrrole nitrogens is 1. The predicted molar refractivity (Wildman–Crippen MR) is 113 cm³/mol. The number of aryl methyl sites for hydroxylation is 1. The maximum absolute atomic E-state index is 12.4. The maximum Gasteiger partial charge on any atom is 0.289 e. The first-order chi connectivity index (χ1) is 13.4. The van der Waals surface area contributed by atoms with Crippen LogP contribution in [0.15, 0.2) is 59.7 Å². The van der Waals surface area contributed by atoms with Crippen molar-refractivity contribution >= 4 is 11.6 Å². The van der Waals surface area contributed by atoms with Crippen LogP contribution in [0.4, 0.5) is 0 Å². The average Bonchev–Trinajstić information content (AvgIpc) is 3.17. The Bertz CT molecular complexity index is 967. The normalized spacial score (nSPS) is 11.7. The van der Waals surface area contributed by atoms with Gasteiger partial charge >= 0.3 is 0 Å². The minimum Gasteiger partial charge on any atom is -0.272 e. The first-order valence-electron chi connectivity index (χ1n) is 9.49. The highest BCUT2D eigenvalue weighted by atomic mass is 16.2. The minimum absolute atomic E-state index is 0.318. The second kappa shape index (κ2) is 8.65. The minimum atomic E-state index is -0.318. The molecule has 3 rings (SSSR count). The largest absolute Gasteiger partial charge is 0.289 e. The second-order valence-electron chi connectivity index (χ2n) is 7.47. The van der Waals surface area contributed by atoms with Gasteiger partial charge in [0, 0.05) is 5.56 Å². The van der Waals surface area contributed by atoms with Gasteiger partial charge < -0.3 is 0 Å². The van der Waals surface area contributed by atoms with Crippen LogP contribution in [0.1, 0.15) is 48.0 Å². The summed E-state index contributed by atoms with van der Waals surface area (Å²) in [5, 5.41) is 11.2. The van der Waals surface area contributed by atoms with Crippen molar-refractivity contribution in [3.05, 3.63) is 77.0 Å². The third-order valence-electron chi connectivity index (χ3n) is 4.51. The van der Waals surface area contributed by atoms with Crippen molar-refractivity contribution in [3.63, 3.8) is 0 Å². The van der Waals surface area contributed by atoms with Crippen LogP contribution in [0.25, 0.3) is 11.3 Å². The van der Waals surface area contributed by atoms with Crippen LogP contribution in [0.2, 0.25) is 0 Å². The predicted octanol–water partition coefficient (Wildman–Crippen LogP) is 4.74. The molecule has 0 aliphatic carbocycles. The quantitative estimate of drug-likeness (QED) is 0.483. The molecule has 144 valence electrons. The zero-order valence-electron chi connectivity index (χ0n) is 16.8. The van der Waals surface area contributed by atoms with Crippen molar-refractivity contribution in [1.29, 1.82) is 0 Å². The summed E-state index contributed by atoms with van der Waals surface area (Å²) in [6.45, 7) is 8.30. The van der Waals surface area contributed by atoms with E-state index in [1.807, 2.05) is 50.2 Å². The molecule has 0 saturated carbocycles. The van der Waals surface area contributed by atoms with Crippen LogP contribution < -0.4 is 5.43 Å². The standard InChI is InChI=1S/C23H26N4O/c1-15(2)13-18-7-11-20(12-8-18)21-14-22(26-25-21)23(28)27-24-17(4)19-9-5-16(3)6-10-19/h5-12,14-15H,13H2,1-4H3,(H,25,26)(H,27,28)/b24-17+. The van der Waals surface area contributed by atoms with E-state index in [2.05, 4.69) is 46.7 Å². The highest BCUT2D eigenvalue weighted by Gasteiger charge is 2.11. The average molecular weight is 374 g/mol. The number of carbonyl (C=O) groups excluding carboxylic acids is 1. The van der Waals surface area contributed by atoms with E-state index < -0.39 is 0 Å². The van der Waals surface area contributed by atoms with Gasteiger partial charge in [-0.2, -0.15) is 10.2 Å². The Labute approximate surface area is 165 Å². The van der Waals surface area contributed by atoms with E-state index in [4.69, 9.17) is 0 Å². The van der Waals surface area contributed by atoms with Crippen LogP contribution in [-0.2, 0) is 6.42 Å². The van der Waals surface area contributed by atoms with Gasteiger partial charge in [0.15, 0.2) is 0 Å². The fraction of sp³-hybridized carbons (Fsp3) is 0.261. The maximum atomic E-state index is 12.4. The monoisotopic (exact) mass is 374 g/mol. The molecule has 5 nitrogen and oxygen atoms in total. The molecular formula is C23H26N4O. The number of aromatic amines is 1. The van der Waals surface area contributed by atoms with E-state index in [0.29, 0.717) is 11.6 Å². The molecule has 1 amide bonds. The van der Waals surface area contributed by atoms with Gasteiger partial charge in [0.05, 0.1) is 11.4 Å². The fourth-order valence-electron chi connectivity index (χ4n) is 2.92. The smallest absolute Gasteiger partial charge is 0.272 e. The summed E-state index contributed by atoms with van der Waals surface area (Å²) < 4.78 is 0. The third kappa shape index (κ3) is 4.94. The number of nitrogens with zero attached hydrogens (tertiary/aromatic N) is 2. The molecule has 28 heavy (non-hydrogen) atoms. The number of benzene rings is 2. The van der Waals surface area contributed by atoms with Gasteiger partial charge in [-0.25, -0.2) is 5.43 Å². The van der Waals surface area contributed by atoms with Gasteiger partial charge in [-0.3, -0.25) is 9.89 Å². The van der Waals surface area contributed by atoms with E-state index in [9.17, 15) is 4.79 Å². The summed E-state index contributed by atoms with van der Waals surface area (Å²) in [4.78, 5) is 12.4. The van der Waals surface area contributed by atoms with Gasteiger partial charge in [-0.15, -0.1) is 0 Å². The summed E-state index contributed by atoms with van der Waals surface area (Å²) in [5.74, 6) is 0.303. The highest BCUT2D eigenvalue weighted by molar-refractivity contribution is 6.00. The Kier molecular flexibility index (Phi) is 6.04. The van der Waals surface area contributed by atoms with Crippen molar-refractivity contribution in [2.75, 3.05) is 0 Å². The summed E-state index contributed by atoms with van der Waals surface area (Å²) in [6, 6.07) is 18.0. The number of hydrogen-bond acceptors (Lipinski definition) is 3. The van der Waals surface area contributed by atoms with Crippen LogP contribution in [0, 0.1) is 12.8 Å². The van der Waals surface area contributed by atoms with Crippen LogP contribution >= 0.6 is 0 Å². The molecule has 2 aromatic carbocycles. The van der Waals surface area contributed by atoms with E-state index in [1.54, 1.807) is 6.07 Å². The second-order valence-corrected chi connectivity index (χ2v) is 7.47. The van der Waals surface area contributed by atoms with Crippen LogP contribution in [0.3, 0.4) is 0 Å². The SMILES string of the molecule is C/C(=N\NC(=O)c1cc(-c2ccc(CC(C)C)cc2)n[nH]1)c1ccc(C)cc1. The number of amides is 1. The van der Waals surface area contributed by atoms with Gasteiger partial charge in [-0.1, -0.05) is 67.9 Å². The number of hydrazone groups is 1. The molecule has 0 saturated heterocycles. The molecule has 0 fully saturated rings. The lowest BCUT2D eigenvalue weighted by atomic mass is 10.0. The van der Waals surface area contributed by atoms with Gasteiger partial charge in [-0.05, 0) is 43.4 Å². The molecule has 0 atom stereocenters. The molecule has 0 bridgehead atoms. The summed E-state index contributed by atoms with van der Waals surface area (Å²) in [5.41, 5.74) is 8.87. The molecule has 1 heterocycles. The van der Waals surface area contributed by atoms with E-state index >= 15 is 0 Å². The molecule has 0 spiro atoms. The summed E-state index contributed by atoms with van der Waals surface area (Å²) in [7, 11) is 0. The van der Waals surface area contributed by atoms with Gasteiger partial charge in [0.25, 0.3) is 5.91 Å². The van der Waals surface area contributed by atoms with Crippen molar-refractivity contribution < 1.29 is 4.79 Å². The lowest BCUT2D eigenvalue weighted by molar-refractivity contribution is 0.0950. The zero-order chi connectivity index (χ0) is 20.1. The Balaban J connectivity index is 1.66. The summed E-state index contributed by atoms with van der Waals surface area (Å²) in [6.07, 6.45) is 1.05. The number of hydrogen-bond donors (Lipinski definition) is 2. The van der Waals surface area contributed by atoms with Crippen molar-refractivity contribution in [3.8, 4) is 11.3 Å². The molecule has 3 aromatic rings. The topological polar surface area (TPSA) is 70.1 Å². The molecule has 0 unspecified atom stereocenters. The molecule has 0 aliphatic rings. The van der Waals surface area contributed by atoms with E-state index in [-0.39, 0.29) is 5.91 Å². The highest BCUT2D eigenvalue weighted by Crippen LogP contribution is 2.19. The number of carbonyl (C=O) groups is 1. The number of aromatic nitrogens is 2. The van der Waals surface area contributed by atoms with Crippen molar-refractivity contribution in [1.82, 2.24) is 15.6 Å². The molecule has 2 N–H and O–H groups in total. The Morgan fingerprint density at radius 3 is 2.43 bits per heavy atom. The fourth-order valence-corrected chi connectivity index (χ4v) is 2.92. The number of rotatable bonds is 6. The molecule has 5 heteroatoms. The first-order valence-corrected chi connectivity index (χ1v) is 9.49. The van der Waals surface area contributed by atoms with Crippen LogP contribution in [0.5, 0.6) is 0 Å². The summed E-state index contributed by atoms with van der Waals surface area (Å²) >= 11 is 0. The number of nitrogens with one attached hydrogen (secondary N) is 2. The Morgan fingerprint density at radius 2 is 1.79 bits per heavy atom. The van der Waals surface area contributed by atoms with Crippen LogP contribution in [-0.4, -0.2) is 21.8 Å². The lowest BCUT2D eigenvalue weighted by Gasteiger charge is -2.05. The Hall–Kier alpha value is -3.21. The van der Waals surface area contributed by atoms with Crippen molar-refractivity contribution in [2.45, 2.75) is 34.1 Å². The molecule has 0 radical (unpaired) electrons. The lowest BCUT2D eigenvalue weighted by Crippen LogP contribution is -2.19. The first kappa shape index (κ1) is 19.5.